The van der Waals surface area contributed by atoms with Crippen LogP contribution in [0.15, 0.2) is 0 Å². The summed E-state index contributed by atoms with van der Waals surface area (Å²) >= 11 is 1.12. The van der Waals surface area contributed by atoms with Gasteiger partial charge in [0.1, 0.15) is 12.7 Å². The summed E-state index contributed by atoms with van der Waals surface area (Å²) < 4.78 is 25.4. The third-order valence-electron chi connectivity index (χ3n) is 3.77. The normalized spacial score (nSPS) is 16.6. The molecule has 1 saturated heterocycles. The number of nitrogens with zero attached hydrogens (tertiary/aromatic N) is 3. The van der Waals surface area contributed by atoms with E-state index in [4.69, 9.17) is 14.2 Å². The zero-order valence-electron chi connectivity index (χ0n) is 16.3. The van der Waals surface area contributed by atoms with Crippen molar-refractivity contribution in [3.05, 3.63) is 0 Å². The number of aromatic nitrogens is 2. The summed E-state index contributed by atoms with van der Waals surface area (Å²) in [7, 11) is 0. The molecule has 0 spiro atoms. The van der Waals surface area contributed by atoms with Gasteiger partial charge in [0, 0.05) is 25.2 Å². The van der Waals surface area contributed by atoms with Crippen molar-refractivity contribution in [2.75, 3.05) is 44.4 Å². The molecule has 2 heterocycles. The third-order valence-corrected chi connectivity index (χ3v) is 4.28. The Morgan fingerprint density at radius 1 is 1.31 bits per heavy atom. The highest BCUT2D eigenvalue weighted by atomic mass is 32.1. The SMILES string of the molecule is CC(C)C(=O)O[C@@H](CNC(C)(C)C)COc1nsnc1N1CCOCC1. The van der Waals surface area contributed by atoms with Crippen LogP contribution in [0.5, 0.6) is 5.88 Å². The number of carbonyl (C=O) groups is 1. The molecule has 0 aliphatic carbocycles. The summed E-state index contributed by atoms with van der Waals surface area (Å²) in [6.45, 7) is 13.4. The number of ether oxygens (including phenoxy) is 3. The van der Waals surface area contributed by atoms with E-state index in [-0.39, 0.29) is 24.0 Å². The Morgan fingerprint density at radius 3 is 2.62 bits per heavy atom. The van der Waals surface area contributed by atoms with Gasteiger partial charge < -0.3 is 24.4 Å². The first kappa shape index (κ1) is 20.9. The number of hydrogen-bond donors (Lipinski definition) is 1. The molecule has 148 valence electrons. The highest BCUT2D eigenvalue weighted by molar-refractivity contribution is 6.99. The summed E-state index contributed by atoms with van der Waals surface area (Å²) in [6.07, 6.45) is -0.400. The molecule has 1 aliphatic rings. The van der Waals surface area contributed by atoms with Gasteiger partial charge in [-0.25, -0.2) is 0 Å². The van der Waals surface area contributed by atoms with Crippen LogP contribution >= 0.6 is 11.7 Å². The van der Waals surface area contributed by atoms with Gasteiger partial charge in [0.25, 0.3) is 5.88 Å². The first-order chi connectivity index (χ1) is 12.3. The second-order valence-electron chi connectivity index (χ2n) is 7.65. The summed E-state index contributed by atoms with van der Waals surface area (Å²) in [4.78, 5) is 14.1. The fraction of sp³-hybridized carbons (Fsp3) is 0.824. The molecule has 1 atom stereocenters. The molecule has 0 bridgehead atoms. The lowest BCUT2D eigenvalue weighted by Gasteiger charge is -2.28. The summed E-state index contributed by atoms with van der Waals surface area (Å²) in [5.41, 5.74) is -0.0797. The molecule has 0 radical (unpaired) electrons. The highest BCUT2D eigenvalue weighted by Gasteiger charge is 2.24. The van der Waals surface area contributed by atoms with Gasteiger partial charge >= 0.3 is 5.97 Å². The average molecular weight is 387 g/mol. The molecule has 1 aliphatic heterocycles. The van der Waals surface area contributed by atoms with Crippen molar-refractivity contribution in [2.24, 2.45) is 5.92 Å². The van der Waals surface area contributed by atoms with Crippen LogP contribution in [-0.2, 0) is 14.3 Å². The van der Waals surface area contributed by atoms with Crippen LogP contribution in [-0.4, -0.2) is 65.8 Å². The molecule has 9 heteroatoms. The minimum Gasteiger partial charge on any atom is -0.470 e. The fourth-order valence-electron chi connectivity index (χ4n) is 2.26. The Kier molecular flexibility index (Phi) is 7.60. The number of hydrogen-bond acceptors (Lipinski definition) is 9. The second kappa shape index (κ2) is 9.48. The van der Waals surface area contributed by atoms with Gasteiger partial charge in [0.15, 0.2) is 0 Å². The lowest BCUT2D eigenvalue weighted by molar-refractivity contribution is -0.154. The van der Waals surface area contributed by atoms with Gasteiger partial charge in [0.05, 0.1) is 30.9 Å². The van der Waals surface area contributed by atoms with Crippen molar-refractivity contribution in [2.45, 2.75) is 46.3 Å². The van der Waals surface area contributed by atoms with E-state index < -0.39 is 6.10 Å². The largest absolute Gasteiger partial charge is 0.470 e. The number of esters is 1. The lowest BCUT2D eigenvalue weighted by Crippen LogP contribution is -2.44. The highest BCUT2D eigenvalue weighted by Crippen LogP contribution is 2.26. The van der Waals surface area contributed by atoms with E-state index in [1.807, 2.05) is 13.8 Å². The van der Waals surface area contributed by atoms with Crippen molar-refractivity contribution in [1.29, 1.82) is 0 Å². The minimum absolute atomic E-state index is 0.0797. The molecule has 1 aromatic rings. The maximum Gasteiger partial charge on any atom is 0.308 e. The van der Waals surface area contributed by atoms with Crippen molar-refractivity contribution in [3.8, 4) is 5.88 Å². The number of morpholine rings is 1. The Bertz CT molecular complexity index is 567. The van der Waals surface area contributed by atoms with Gasteiger partial charge in [-0.2, -0.15) is 4.37 Å². The van der Waals surface area contributed by atoms with Gasteiger partial charge in [-0.1, -0.05) is 13.8 Å². The summed E-state index contributed by atoms with van der Waals surface area (Å²) in [5, 5.41) is 3.36. The summed E-state index contributed by atoms with van der Waals surface area (Å²) in [5.74, 6) is 0.797. The molecule has 0 aromatic carbocycles. The monoisotopic (exact) mass is 386 g/mol. The average Bonchev–Trinajstić information content (AvgIpc) is 3.05. The van der Waals surface area contributed by atoms with E-state index in [1.54, 1.807) is 0 Å². The van der Waals surface area contributed by atoms with E-state index in [9.17, 15) is 4.79 Å². The molecule has 0 amide bonds. The van der Waals surface area contributed by atoms with Crippen LogP contribution in [0.2, 0.25) is 0 Å². The first-order valence-electron chi connectivity index (χ1n) is 9.00. The van der Waals surface area contributed by atoms with Gasteiger partial charge in [0.2, 0.25) is 5.82 Å². The predicted molar refractivity (Wildman–Crippen MR) is 101 cm³/mol. The molecule has 1 N–H and O–H groups in total. The van der Waals surface area contributed by atoms with Crippen molar-refractivity contribution in [3.63, 3.8) is 0 Å². The van der Waals surface area contributed by atoms with Crippen LogP contribution in [0.4, 0.5) is 5.82 Å². The maximum absolute atomic E-state index is 12.0. The zero-order chi connectivity index (χ0) is 19.2. The fourth-order valence-corrected chi connectivity index (χ4v) is 2.78. The molecule has 26 heavy (non-hydrogen) atoms. The van der Waals surface area contributed by atoms with Crippen molar-refractivity contribution < 1.29 is 19.0 Å². The Morgan fingerprint density at radius 2 is 2.00 bits per heavy atom. The Balaban J connectivity index is 1.97. The molecule has 1 fully saturated rings. The lowest BCUT2D eigenvalue weighted by atomic mass is 10.1. The van der Waals surface area contributed by atoms with Crippen LogP contribution in [0.25, 0.3) is 0 Å². The second-order valence-corrected chi connectivity index (χ2v) is 8.18. The molecule has 1 aromatic heterocycles. The molecule has 2 rings (SSSR count). The van der Waals surface area contributed by atoms with E-state index >= 15 is 0 Å². The molecule has 0 unspecified atom stereocenters. The molecule has 0 saturated carbocycles. The Hall–Kier alpha value is -1.45. The predicted octanol–water partition coefficient (Wildman–Crippen LogP) is 1.71. The topological polar surface area (TPSA) is 85.8 Å². The van der Waals surface area contributed by atoms with E-state index in [0.29, 0.717) is 25.6 Å². The van der Waals surface area contributed by atoms with Crippen LogP contribution in [0.1, 0.15) is 34.6 Å². The van der Waals surface area contributed by atoms with Crippen LogP contribution in [0, 0.1) is 5.92 Å². The number of carbonyl (C=O) groups excluding carboxylic acids is 1. The van der Waals surface area contributed by atoms with E-state index in [2.05, 4.69) is 39.7 Å². The maximum atomic E-state index is 12.0. The van der Waals surface area contributed by atoms with Gasteiger partial charge in [-0.3, -0.25) is 4.79 Å². The number of anilines is 1. The number of rotatable bonds is 8. The minimum atomic E-state index is -0.400. The molecular formula is C17H30N4O4S. The van der Waals surface area contributed by atoms with Crippen molar-refractivity contribution in [1.82, 2.24) is 14.1 Å². The van der Waals surface area contributed by atoms with Crippen molar-refractivity contribution >= 4 is 23.5 Å². The van der Waals surface area contributed by atoms with Crippen LogP contribution in [0.3, 0.4) is 0 Å². The standard InChI is InChI=1S/C17H30N4O4S/c1-12(2)16(22)25-13(10-18-17(3,4)5)11-24-15-14(19-26-20-15)21-6-8-23-9-7-21/h12-13,18H,6-11H2,1-5H3/t13-/m0/s1. The quantitative estimate of drug-likeness (QED) is 0.676. The third kappa shape index (κ3) is 6.69. The van der Waals surface area contributed by atoms with Gasteiger partial charge in [-0.15, -0.1) is 4.37 Å². The molecule has 8 nitrogen and oxygen atoms in total. The summed E-state index contributed by atoms with van der Waals surface area (Å²) in [6, 6.07) is 0. The molecular weight excluding hydrogens is 356 g/mol. The van der Waals surface area contributed by atoms with Crippen LogP contribution < -0.4 is 15.0 Å². The van der Waals surface area contributed by atoms with Gasteiger partial charge in [-0.05, 0) is 20.8 Å². The first-order valence-corrected chi connectivity index (χ1v) is 9.73. The zero-order valence-corrected chi connectivity index (χ0v) is 17.1. The smallest absolute Gasteiger partial charge is 0.308 e. The number of nitrogens with one attached hydrogen (secondary N) is 1. The van der Waals surface area contributed by atoms with E-state index in [0.717, 1.165) is 30.6 Å². The van der Waals surface area contributed by atoms with E-state index in [1.165, 1.54) is 0 Å². The Labute approximate surface area is 159 Å².